The molecule has 8 saturated carbocycles. The quantitative estimate of drug-likeness (QED) is 0.0172. The van der Waals surface area contributed by atoms with Gasteiger partial charge >= 0.3 is 5.69 Å². The number of aromatic nitrogens is 4. The number of aliphatic hydroxyl groups excluding tert-OH is 1. The lowest BCUT2D eigenvalue weighted by Gasteiger charge is -2.56. The van der Waals surface area contributed by atoms with Gasteiger partial charge in [0.05, 0.1) is 43.8 Å². The Labute approximate surface area is 715 Å². The molecule has 8 bridgehead atoms. The summed E-state index contributed by atoms with van der Waals surface area (Å²) in [4.78, 5) is 62.6. The lowest BCUT2D eigenvalue weighted by molar-refractivity contribution is -0.387. The number of ketones is 2. The van der Waals surface area contributed by atoms with Gasteiger partial charge in [-0.1, -0.05) is 121 Å². The molecular formula is C95H141BrFN15O7. The molecule has 22 nitrogen and oxygen atoms in total. The van der Waals surface area contributed by atoms with Crippen molar-refractivity contribution in [2.75, 3.05) is 128 Å². The Kier molecular flexibility index (Phi) is 36.8. The number of nitro benzene ring substituents is 2. The van der Waals surface area contributed by atoms with Crippen LogP contribution in [0.3, 0.4) is 0 Å². The molecule has 0 radical (unpaired) electrons. The summed E-state index contributed by atoms with van der Waals surface area (Å²) in [6, 6.07) is 36.8. The Morgan fingerprint density at radius 2 is 0.824 bits per heavy atom. The molecule has 5 aliphatic heterocycles. The largest absolute Gasteiger partial charge is 0.399 e. The molecule has 8 aliphatic carbocycles. The second-order valence-corrected chi connectivity index (χ2v) is 36.7. The number of nitrogens with zero attached hydrogens (tertiary/aromatic N) is 11. The van der Waals surface area contributed by atoms with Crippen molar-refractivity contribution in [2.24, 2.45) is 52.1 Å². The van der Waals surface area contributed by atoms with Crippen LogP contribution in [0, 0.1) is 77.8 Å². The topological polar surface area (TPSA) is 286 Å². The summed E-state index contributed by atoms with van der Waals surface area (Å²) in [5, 5.41) is 38.0. The van der Waals surface area contributed by atoms with E-state index < -0.39 is 16.4 Å². The third kappa shape index (κ3) is 26.9. The van der Waals surface area contributed by atoms with Crippen molar-refractivity contribution in [1.82, 2.24) is 43.2 Å². The second kappa shape index (κ2) is 47.4. The van der Waals surface area contributed by atoms with Gasteiger partial charge in [-0.05, 0) is 330 Å². The van der Waals surface area contributed by atoms with Crippen molar-refractivity contribution in [3.8, 4) is 0 Å². The molecule has 7 heterocycles. The van der Waals surface area contributed by atoms with Crippen LogP contribution in [-0.4, -0.2) is 186 Å². The smallest absolute Gasteiger partial charge is 0.304 e. The number of fused-ring (bicyclic) bond motifs is 2. The van der Waals surface area contributed by atoms with Gasteiger partial charge in [-0.3, -0.25) is 35.2 Å². The molecule has 7 aromatic rings. The molecule has 5 aromatic carbocycles. The summed E-state index contributed by atoms with van der Waals surface area (Å²) >= 11 is 3.36. The number of benzene rings is 5. The maximum atomic E-state index is 13.8. The number of piperidine rings is 5. The first-order valence-corrected chi connectivity index (χ1v) is 46.9. The predicted octanol–water partition coefficient (Wildman–Crippen LogP) is 17.3. The zero-order valence-electron chi connectivity index (χ0n) is 71.6. The van der Waals surface area contributed by atoms with Crippen LogP contribution < -0.4 is 22.8 Å². The van der Waals surface area contributed by atoms with Gasteiger partial charge in [0.2, 0.25) is 17.4 Å². The van der Waals surface area contributed by atoms with E-state index in [-0.39, 0.29) is 28.0 Å². The van der Waals surface area contributed by atoms with Gasteiger partial charge in [-0.2, -0.15) is 4.39 Å². The number of carbonyl (C=O) groups is 2. The van der Waals surface area contributed by atoms with E-state index >= 15 is 0 Å². The number of anilines is 2. The number of likely N-dealkylation sites (tertiary alicyclic amines) is 5. The third-order valence-corrected chi connectivity index (χ3v) is 28.0. The number of para-hydroxylation sites is 7. The average Bonchev–Trinajstić information content (AvgIpc) is 1.16. The van der Waals surface area contributed by atoms with E-state index in [2.05, 4.69) is 90.9 Å². The zero-order valence-corrected chi connectivity index (χ0v) is 73.2. The first-order chi connectivity index (χ1) is 57.9. The first-order valence-electron chi connectivity index (χ1n) is 45.8. The number of nitrogens with two attached hydrogens (primary N) is 3. The van der Waals surface area contributed by atoms with Crippen molar-refractivity contribution in [3.63, 3.8) is 0 Å². The molecule has 2 aromatic heterocycles. The Hall–Kier alpha value is -7.29. The van der Waals surface area contributed by atoms with Gasteiger partial charge < -0.3 is 60.5 Å². The van der Waals surface area contributed by atoms with Crippen LogP contribution in [0.5, 0.6) is 0 Å². The molecular weight excluding hydrogens is 1560 g/mol. The first kappa shape index (κ1) is 92.4. The van der Waals surface area contributed by atoms with Gasteiger partial charge in [0, 0.05) is 80.1 Å². The van der Waals surface area contributed by atoms with E-state index in [1.807, 2.05) is 53.1 Å². The minimum atomic E-state index is -0.799. The number of nitrogen functional groups attached to an aromatic ring is 2. The van der Waals surface area contributed by atoms with Crippen LogP contribution in [0.2, 0.25) is 0 Å². The standard InChI is InChI=1S/C26H36N4O.C14H20N4.C14H20N2O2.C14H22N2.C12H17BrO.C7H16N2.C6H4FNO2.C2H6O/c27-25-29(11-10-28-8-4-1-5-9-28)22-6-2-3-7-23(22)30(25)18-24(31)26-15-19-12-20(16-26)14-21(13-19)17-26;15-14-16-12-6-2-3-7-13(12)18(14)11-10-17-8-4-1-5-9-17;17-16(18)14-9-3-2-7-13(14)8-6-12-15-10-4-1-5-11-15;15-14-9-3-2-7-13(14)8-6-12-16-10-4-1-5-11-16;13-7-11(14)12-4-8-1-9(5-12)3-10(2-8)6-12;8-4-7-9-5-2-1-3-6-9;7-5-3-1-2-4-6(5)8(9)10;1-2-3/h2-3,6-7,19-21,27H,1,4-5,8-18H2;2-3,6-7H,1,4-5,8-11H2,(H2,15,16);2-3,7,9H,1,4-6,8,10-12H2;2-3,7,9H,1,4-6,8,10-12,15H2;8-10H,1-7H2;1-8H2;1-4H;3H,2H2,1H3. The number of halogens is 2. The number of carbonyl (C=O) groups excluding carboxylic acids is 2. The molecule has 5 saturated heterocycles. The number of aryl methyl sites for hydroxylation is 2. The van der Waals surface area contributed by atoms with Gasteiger partial charge in [-0.15, -0.1) is 0 Å². The molecule has 13 aliphatic rings. The van der Waals surface area contributed by atoms with Crippen molar-refractivity contribution in [3.05, 3.63) is 164 Å². The maximum Gasteiger partial charge on any atom is 0.304 e. The number of nitro groups is 2. The normalized spacial score (nSPS) is 24.5. The van der Waals surface area contributed by atoms with E-state index in [0.29, 0.717) is 35.0 Å². The van der Waals surface area contributed by atoms with Crippen LogP contribution in [0.25, 0.3) is 22.1 Å². The fourth-order valence-electron chi connectivity index (χ4n) is 22.2. The highest BCUT2D eigenvalue weighted by Crippen LogP contribution is 2.62. The Bertz CT molecular complexity index is 4250. The van der Waals surface area contributed by atoms with E-state index in [1.165, 1.54) is 250 Å². The molecule has 119 heavy (non-hydrogen) atoms. The molecule has 0 amide bonds. The minimum Gasteiger partial charge on any atom is -0.399 e. The number of rotatable bonds is 23. The number of aliphatic hydroxyl groups is 1. The molecule has 0 spiro atoms. The summed E-state index contributed by atoms with van der Waals surface area (Å²) in [7, 11) is 0. The molecule has 0 unspecified atom stereocenters. The monoisotopic (exact) mass is 1700 g/mol. The fourth-order valence-corrected chi connectivity index (χ4v) is 22.8. The van der Waals surface area contributed by atoms with Crippen molar-refractivity contribution in [2.45, 2.75) is 226 Å². The molecule has 24 heteroatoms. The van der Waals surface area contributed by atoms with E-state index in [9.17, 15) is 34.2 Å². The molecule has 20 rings (SSSR count). The lowest BCUT2D eigenvalue weighted by atomic mass is 9.48. The van der Waals surface area contributed by atoms with Crippen molar-refractivity contribution in [1.29, 1.82) is 5.41 Å². The predicted molar refractivity (Wildman–Crippen MR) is 482 cm³/mol. The molecule has 652 valence electrons. The van der Waals surface area contributed by atoms with Crippen molar-refractivity contribution >= 4 is 72.6 Å². The van der Waals surface area contributed by atoms with Gasteiger partial charge in [0.15, 0.2) is 5.78 Å². The SMILES string of the molecule is CCO.N=c1n(CCN2CCCCC2)c2ccccc2n1CC(=O)C12CC3CC(CC(C3)C1)C2.NCCN1CCCCC1.Nc1ccccc1CCCN1CCCCC1.Nc1nc2ccccc2n1CCN1CCCCC1.O=C(CBr)C12CC3CC(CC(C3)C1)C2.O=[N+]([O-])c1ccccc1CCCN1CCCCC1.O=[N+]([O-])c1ccccc1F. The van der Waals surface area contributed by atoms with E-state index in [0.717, 1.165) is 165 Å². The Morgan fingerprint density at radius 3 is 1.24 bits per heavy atom. The Balaban J connectivity index is 0.000000140. The summed E-state index contributed by atoms with van der Waals surface area (Å²) in [5.74, 6) is 5.75. The number of hydrogen-bond acceptors (Lipinski definition) is 17. The van der Waals surface area contributed by atoms with Gasteiger partial charge in [0.1, 0.15) is 5.78 Å². The second-order valence-electron chi connectivity index (χ2n) is 36.2. The van der Waals surface area contributed by atoms with E-state index in [1.54, 1.807) is 19.1 Å². The van der Waals surface area contributed by atoms with Crippen LogP contribution >= 0.6 is 15.9 Å². The van der Waals surface area contributed by atoms with Gasteiger partial charge in [-0.25, -0.2) is 4.98 Å². The number of nitrogens with one attached hydrogen (secondary N) is 1. The summed E-state index contributed by atoms with van der Waals surface area (Å²) in [6.45, 7) is 22.7. The van der Waals surface area contributed by atoms with Crippen LogP contribution in [0.15, 0.2) is 121 Å². The maximum absolute atomic E-state index is 13.8. The summed E-state index contributed by atoms with van der Waals surface area (Å²) in [5.41, 5.74) is 25.0. The fraction of sp³-hybridized carbons (Fsp3) is 0.642. The Morgan fingerprint density at radius 1 is 0.471 bits per heavy atom. The molecule has 0 atom stereocenters. The number of Topliss-reactive ketones (excluding diaryl/α,β-unsaturated/α-hetero) is 2. The van der Waals surface area contributed by atoms with Crippen LogP contribution in [-0.2, 0) is 42.1 Å². The number of hydrogen-bond donors (Lipinski definition) is 5. The summed E-state index contributed by atoms with van der Waals surface area (Å²) in [6.07, 6.45) is 39.7. The minimum absolute atomic E-state index is 0.0921. The zero-order chi connectivity index (χ0) is 83.9. The summed E-state index contributed by atoms with van der Waals surface area (Å²) < 4.78 is 18.7. The molecule has 13 fully saturated rings. The van der Waals surface area contributed by atoms with Crippen molar-refractivity contribution < 1.29 is 28.9 Å². The number of imidazole rings is 2. The lowest BCUT2D eigenvalue weighted by Crippen LogP contribution is -2.51. The highest BCUT2D eigenvalue weighted by molar-refractivity contribution is 9.09. The number of alkyl halides is 1. The highest BCUT2D eigenvalue weighted by Gasteiger charge is 2.55. The van der Waals surface area contributed by atoms with Gasteiger partial charge in [0.25, 0.3) is 5.69 Å². The van der Waals surface area contributed by atoms with Crippen LogP contribution in [0.4, 0.5) is 27.4 Å². The van der Waals surface area contributed by atoms with Crippen LogP contribution in [0.1, 0.15) is 204 Å². The van der Waals surface area contributed by atoms with E-state index in [4.69, 9.17) is 27.7 Å². The highest BCUT2D eigenvalue weighted by atomic mass is 79.9. The molecule has 8 N–H and O–H groups in total. The third-order valence-electron chi connectivity index (χ3n) is 27.4. The average molecular weight is 1700 g/mol.